The molecule has 2 rings (SSSR count). The fourth-order valence-corrected chi connectivity index (χ4v) is 2.24. The van der Waals surface area contributed by atoms with Gasteiger partial charge in [0.25, 0.3) is 0 Å². The lowest BCUT2D eigenvalue weighted by atomic mass is 9.95. The van der Waals surface area contributed by atoms with E-state index in [1.54, 1.807) is 13.1 Å². The first-order valence-corrected chi connectivity index (χ1v) is 6.39. The number of nitrogens with zero attached hydrogens (tertiary/aromatic N) is 2. The molecule has 0 aliphatic carbocycles. The summed E-state index contributed by atoms with van der Waals surface area (Å²) >= 11 is 5.85. The molecule has 0 aliphatic rings. The van der Waals surface area contributed by atoms with E-state index in [-0.39, 0.29) is 0 Å². The highest BCUT2D eigenvalue weighted by atomic mass is 35.5. The summed E-state index contributed by atoms with van der Waals surface area (Å²) in [6.45, 7) is 4.62. The van der Waals surface area contributed by atoms with E-state index in [2.05, 4.69) is 4.98 Å². The minimum atomic E-state index is -0.979. The molecule has 1 unspecified atom stereocenters. The molecule has 1 heterocycles. The molecule has 1 N–H and O–H groups in total. The van der Waals surface area contributed by atoms with Crippen LogP contribution in [-0.2, 0) is 18.6 Å². The van der Waals surface area contributed by atoms with Gasteiger partial charge in [-0.3, -0.25) is 0 Å². The number of aliphatic hydroxyl groups is 1. The zero-order valence-corrected chi connectivity index (χ0v) is 11.4. The Balaban J connectivity index is 2.23. The molecule has 2 aromatic rings. The average molecular weight is 265 g/mol. The van der Waals surface area contributed by atoms with Crippen molar-refractivity contribution < 1.29 is 5.11 Å². The molecule has 96 valence electrons. The number of hydrogen-bond donors (Lipinski definition) is 1. The van der Waals surface area contributed by atoms with Crippen molar-refractivity contribution in [1.82, 2.24) is 9.55 Å². The van der Waals surface area contributed by atoms with Crippen molar-refractivity contribution in [2.24, 2.45) is 0 Å². The van der Waals surface area contributed by atoms with Crippen molar-refractivity contribution in [3.8, 4) is 0 Å². The average Bonchev–Trinajstić information content (AvgIpc) is 2.81. The smallest absolute Gasteiger partial charge is 0.140 e. The van der Waals surface area contributed by atoms with Gasteiger partial charge in [-0.2, -0.15) is 0 Å². The molecule has 4 heteroatoms. The lowest BCUT2D eigenvalue weighted by Crippen LogP contribution is -2.28. The van der Waals surface area contributed by atoms with E-state index in [0.717, 1.165) is 12.1 Å². The molecule has 1 aromatic heterocycles. The highest BCUT2D eigenvalue weighted by Gasteiger charge is 2.28. The van der Waals surface area contributed by atoms with E-state index in [9.17, 15) is 5.11 Å². The summed E-state index contributed by atoms with van der Waals surface area (Å²) in [6.07, 6.45) is 4.11. The van der Waals surface area contributed by atoms with E-state index in [0.29, 0.717) is 17.3 Å². The van der Waals surface area contributed by atoms with Gasteiger partial charge in [0.1, 0.15) is 11.4 Å². The van der Waals surface area contributed by atoms with Crippen LogP contribution < -0.4 is 0 Å². The standard InChI is InChI=1S/C14H17ClN2O/c1-3-17-9-8-16-13(17)14(2,18)10-11-4-6-12(15)7-5-11/h4-9,18H,3,10H2,1-2H3. The number of aryl methyl sites for hydroxylation is 1. The molecule has 0 radical (unpaired) electrons. The Hall–Kier alpha value is -1.32. The van der Waals surface area contributed by atoms with E-state index in [1.807, 2.05) is 42.0 Å². The third-order valence-corrected chi connectivity index (χ3v) is 3.25. The van der Waals surface area contributed by atoms with Crippen LogP contribution in [0.3, 0.4) is 0 Å². The molecule has 0 aliphatic heterocycles. The number of hydrogen-bond acceptors (Lipinski definition) is 2. The predicted octanol–water partition coefficient (Wildman–Crippen LogP) is 3.01. The molecule has 0 fully saturated rings. The number of rotatable bonds is 4. The molecule has 1 atom stereocenters. The molecular formula is C14H17ClN2O. The Morgan fingerprint density at radius 3 is 2.61 bits per heavy atom. The van der Waals surface area contributed by atoms with E-state index in [1.165, 1.54) is 0 Å². The third kappa shape index (κ3) is 2.74. The molecular weight excluding hydrogens is 248 g/mol. The van der Waals surface area contributed by atoms with Crippen LogP contribution >= 0.6 is 11.6 Å². The number of halogens is 1. The molecule has 0 spiro atoms. The summed E-state index contributed by atoms with van der Waals surface area (Å²) in [7, 11) is 0. The lowest BCUT2D eigenvalue weighted by Gasteiger charge is -2.23. The van der Waals surface area contributed by atoms with Gasteiger partial charge in [0.15, 0.2) is 0 Å². The van der Waals surface area contributed by atoms with Crippen molar-refractivity contribution >= 4 is 11.6 Å². The Morgan fingerprint density at radius 1 is 1.33 bits per heavy atom. The van der Waals surface area contributed by atoms with Crippen LogP contribution in [0.2, 0.25) is 5.02 Å². The molecule has 0 saturated carbocycles. The van der Waals surface area contributed by atoms with Gasteiger partial charge in [-0.1, -0.05) is 23.7 Å². The van der Waals surface area contributed by atoms with Crippen molar-refractivity contribution in [3.63, 3.8) is 0 Å². The number of benzene rings is 1. The van der Waals surface area contributed by atoms with Gasteiger partial charge in [-0.05, 0) is 31.5 Å². The highest BCUT2D eigenvalue weighted by molar-refractivity contribution is 6.30. The van der Waals surface area contributed by atoms with Gasteiger partial charge < -0.3 is 9.67 Å². The molecule has 18 heavy (non-hydrogen) atoms. The van der Waals surface area contributed by atoms with Gasteiger partial charge in [0.05, 0.1) is 0 Å². The van der Waals surface area contributed by atoms with Gasteiger partial charge >= 0.3 is 0 Å². The second-order valence-corrected chi connectivity index (χ2v) is 5.05. The second-order valence-electron chi connectivity index (χ2n) is 4.61. The van der Waals surface area contributed by atoms with Crippen LogP contribution in [0.5, 0.6) is 0 Å². The van der Waals surface area contributed by atoms with Crippen molar-refractivity contribution in [2.75, 3.05) is 0 Å². The van der Waals surface area contributed by atoms with Gasteiger partial charge in [-0.15, -0.1) is 0 Å². The van der Waals surface area contributed by atoms with E-state index < -0.39 is 5.60 Å². The minimum absolute atomic E-state index is 0.515. The monoisotopic (exact) mass is 264 g/mol. The fraction of sp³-hybridized carbons (Fsp3) is 0.357. The van der Waals surface area contributed by atoms with Crippen molar-refractivity contribution in [3.05, 3.63) is 53.1 Å². The van der Waals surface area contributed by atoms with Crippen LogP contribution in [0.25, 0.3) is 0 Å². The van der Waals surface area contributed by atoms with Gasteiger partial charge in [0, 0.05) is 30.4 Å². The zero-order valence-electron chi connectivity index (χ0n) is 10.6. The zero-order chi connectivity index (χ0) is 13.2. The third-order valence-electron chi connectivity index (χ3n) is 3.00. The predicted molar refractivity (Wildman–Crippen MR) is 72.6 cm³/mol. The maximum absolute atomic E-state index is 10.6. The molecule has 3 nitrogen and oxygen atoms in total. The van der Waals surface area contributed by atoms with Crippen LogP contribution in [-0.4, -0.2) is 14.7 Å². The first kappa shape index (κ1) is 13.1. The maximum Gasteiger partial charge on any atom is 0.140 e. The maximum atomic E-state index is 10.6. The minimum Gasteiger partial charge on any atom is -0.382 e. The van der Waals surface area contributed by atoms with E-state index >= 15 is 0 Å². The highest BCUT2D eigenvalue weighted by Crippen LogP contribution is 2.24. The summed E-state index contributed by atoms with van der Waals surface area (Å²) in [5, 5.41) is 11.3. The van der Waals surface area contributed by atoms with Gasteiger partial charge in [-0.25, -0.2) is 4.98 Å². The van der Waals surface area contributed by atoms with E-state index in [4.69, 9.17) is 11.6 Å². The molecule has 0 amide bonds. The quantitative estimate of drug-likeness (QED) is 0.922. The lowest BCUT2D eigenvalue weighted by molar-refractivity contribution is 0.0445. The Kier molecular flexibility index (Phi) is 3.73. The van der Waals surface area contributed by atoms with Crippen LogP contribution in [0.15, 0.2) is 36.7 Å². The van der Waals surface area contributed by atoms with Crippen molar-refractivity contribution in [2.45, 2.75) is 32.4 Å². The SMILES string of the molecule is CCn1ccnc1C(C)(O)Cc1ccc(Cl)cc1. The second kappa shape index (κ2) is 5.12. The summed E-state index contributed by atoms with van der Waals surface area (Å²) < 4.78 is 1.95. The molecule has 1 aromatic carbocycles. The first-order chi connectivity index (χ1) is 8.53. The largest absolute Gasteiger partial charge is 0.382 e. The summed E-state index contributed by atoms with van der Waals surface area (Å²) in [5.41, 5.74) is 0.0583. The molecule has 0 saturated heterocycles. The Bertz CT molecular complexity index is 517. The van der Waals surface area contributed by atoms with Crippen molar-refractivity contribution in [1.29, 1.82) is 0 Å². The summed E-state index contributed by atoms with van der Waals surface area (Å²) in [4.78, 5) is 4.26. The van der Waals surface area contributed by atoms with Crippen LogP contribution in [0.1, 0.15) is 25.2 Å². The normalized spacial score (nSPS) is 14.4. The first-order valence-electron chi connectivity index (χ1n) is 6.01. The topological polar surface area (TPSA) is 38.0 Å². The number of aromatic nitrogens is 2. The van der Waals surface area contributed by atoms with Gasteiger partial charge in [0.2, 0.25) is 0 Å². The van der Waals surface area contributed by atoms with Crippen LogP contribution in [0, 0.1) is 0 Å². The molecule has 0 bridgehead atoms. The summed E-state index contributed by atoms with van der Waals surface area (Å²) in [6, 6.07) is 7.52. The summed E-state index contributed by atoms with van der Waals surface area (Å²) in [5.74, 6) is 0.694. The Morgan fingerprint density at radius 2 is 2.00 bits per heavy atom. The van der Waals surface area contributed by atoms with Crippen LogP contribution in [0.4, 0.5) is 0 Å². The number of imidazole rings is 1. The fourth-order valence-electron chi connectivity index (χ4n) is 2.11. The Labute approximate surface area is 112 Å².